The molecule has 0 amide bonds. The average molecular weight is 398 g/mol. The summed E-state index contributed by atoms with van der Waals surface area (Å²) >= 11 is 0. The van der Waals surface area contributed by atoms with Crippen LogP contribution in [-0.2, 0) is 28.6 Å². The Kier molecular flexibility index (Phi) is 3.90. The van der Waals surface area contributed by atoms with Crippen LogP contribution in [0.1, 0.15) is 38.4 Å². The van der Waals surface area contributed by atoms with Gasteiger partial charge in [0.2, 0.25) is 6.29 Å². The lowest BCUT2D eigenvalue weighted by Crippen LogP contribution is -2.59. The van der Waals surface area contributed by atoms with Crippen LogP contribution in [0.15, 0.2) is 46.8 Å². The van der Waals surface area contributed by atoms with Gasteiger partial charge in [0.05, 0.1) is 29.5 Å². The molecule has 0 radical (unpaired) electrons. The highest BCUT2D eigenvalue weighted by molar-refractivity contribution is 5.96. The number of rotatable bonds is 2. The second-order valence-corrected chi connectivity index (χ2v) is 8.48. The van der Waals surface area contributed by atoms with E-state index in [0.29, 0.717) is 12.0 Å². The topological polar surface area (TPSA) is 92.0 Å². The van der Waals surface area contributed by atoms with Crippen molar-refractivity contribution >= 4 is 17.7 Å². The van der Waals surface area contributed by atoms with Gasteiger partial charge >= 0.3 is 11.9 Å². The highest BCUT2D eigenvalue weighted by Gasteiger charge is 2.70. The average Bonchev–Trinajstić information content (AvgIpc) is 3.39. The fourth-order valence-electron chi connectivity index (χ4n) is 5.81. The molecule has 1 aromatic heterocycles. The maximum absolute atomic E-state index is 13.2. The molecule has 2 aliphatic carbocycles. The minimum absolute atomic E-state index is 0.0225. The van der Waals surface area contributed by atoms with Crippen LogP contribution in [-0.4, -0.2) is 30.6 Å². The van der Waals surface area contributed by atoms with Gasteiger partial charge < -0.3 is 18.6 Å². The normalized spacial score (nSPS) is 40.4. The summed E-state index contributed by atoms with van der Waals surface area (Å²) in [5, 5.41) is 0. The van der Waals surface area contributed by atoms with Crippen LogP contribution < -0.4 is 0 Å². The predicted octanol–water partition coefficient (Wildman–Crippen LogP) is 2.88. The zero-order chi connectivity index (χ0) is 20.4. The van der Waals surface area contributed by atoms with Gasteiger partial charge in [-0.1, -0.05) is 25.2 Å². The largest absolute Gasteiger partial charge is 0.472 e. The van der Waals surface area contributed by atoms with Crippen molar-refractivity contribution in [3.8, 4) is 0 Å². The van der Waals surface area contributed by atoms with Gasteiger partial charge in [0.15, 0.2) is 0 Å². The summed E-state index contributed by atoms with van der Waals surface area (Å²) in [7, 11) is 0. The van der Waals surface area contributed by atoms with Crippen molar-refractivity contribution in [2.75, 3.05) is 6.61 Å². The monoisotopic (exact) mass is 398 g/mol. The molecule has 4 aliphatic rings. The highest BCUT2D eigenvalue weighted by atomic mass is 16.7. The van der Waals surface area contributed by atoms with Gasteiger partial charge in [0, 0.05) is 36.3 Å². The summed E-state index contributed by atoms with van der Waals surface area (Å²) in [6, 6.07) is 1.81. The summed E-state index contributed by atoms with van der Waals surface area (Å²) in [4.78, 5) is 37.6. The molecule has 1 saturated carbocycles. The van der Waals surface area contributed by atoms with Crippen LogP contribution in [0.4, 0.5) is 0 Å². The number of esters is 2. The van der Waals surface area contributed by atoms with Crippen molar-refractivity contribution in [2.24, 2.45) is 22.7 Å². The van der Waals surface area contributed by atoms with E-state index in [9.17, 15) is 14.4 Å². The number of allylic oxidation sites excluding steroid dienone is 3. The lowest BCUT2D eigenvalue weighted by molar-refractivity contribution is -0.214. The Labute approximate surface area is 167 Å². The SMILES string of the molecule is CC(=O)O[C@@H]1O[C@H](c2ccoc2)C[C@@]12[C@H](C)C(=O)C[C@@]13COC(=O)C1=CC=C[C@@H]32. The van der Waals surface area contributed by atoms with Gasteiger partial charge in [-0.15, -0.1) is 0 Å². The van der Waals surface area contributed by atoms with Crippen molar-refractivity contribution in [2.45, 2.75) is 39.1 Å². The molecule has 0 N–H and O–H groups in total. The first-order valence-electron chi connectivity index (χ1n) is 9.82. The van der Waals surface area contributed by atoms with Gasteiger partial charge in [0.25, 0.3) is 0 Å². The van der Waals surface area contributed by atoms with Crippen molar-refractivity contribution in [3.05, 3.63) is 48.0 Å². The van der Waals surface area contributed by atoms with Crippen LogP contribution >= 0.6 is 0 Å². The van der Waals surface area contributed by atoms with Crippen LogP contribution in [0.3, 0.4) is 0 Å². The van der Waals surface area contributed by atoms with Crippen molar-refractivity contribution in [1.29, 1.82) is 0 Å². The zero-order valence-electron chi connectivity index (χ0n) is 16.3. The van der Waals surface area contributed by atoms with Crippen molar-refractivity contribution in [1.82, 2.24) is 0 Å². The molecule has 2 spiro atoms. The van der Waals surface area contributed by atoms with Crippen molar-refractivity contribution < 1.29 is 33.0 Å². The van der Waals surface area contributed by atoms with Gasteiger partial charge in [-0.05, 0) is 12.5 Å². The number of carbonyl (C=O) groups is 3. The first-order chi connectivity index (χ1) is 13.9. The van der Waals surface area contributed by atoms with Crippen molar-refractivity contribution in [3.63, 3.8) is 0 Å². The molecule has 1 aromatic rings. The molecule has 152 valence electrons. The first-order valence-corrected chi connectivity index (χ1v) is 9.82. The number of ether oxygens (including phenoxy) is 3. The molecule has 2 saturated heterocycles. The molecule has 29 heavy (non-hydrogen) atoms. The minimum Gasteiger partial charge on any atom is -0.472 e. The number of hydrogen-bond acceptors (Lipinski definition) is 7. The van der Waals surface area contributed by atoms with Gasteiger partial charge in [0.1, 0.15) is 12.4 Å². The van der Waals surface area contributed by atoms with Gasteiger partial charge in [-0.2, -0.15) is 0 Å². The Hall–Kier alpha value is -2.67. The first kappa shape index (κ1) is 18.4. The molecule has 7 nitrogen and oxygen atoms in total. The molecule has 6 atom stereocenters. The summed E-state index contributed by atoms with van der Waals surface area (Å²) < 4.78 is 22.5. The molecule has 3 fully saturated rings. The maximum Gasteiger partial charge on any atom is 0.334 e. The standard InChI is InChI=1S/C22H22O7/c1-12-16(24)8-21-11-27-19(25)15(21)4-3-5-18(21)22(12)9-17(14-6-7-26-10-14)29-20(22)28-13(2)23/h3-7,10,12,17-18,20H,8-9,11H2,1-2H3/t12-,17+,18+,20-,21-,22+/m1/s1. The third-order valence-electron chi connectivity index (χ3n) is 7.19. The van der Waals surface area contributed by atoms with Gasteiger partial charge in [-0.25, -0.2) is 4.79 Å². The second-order valence-electron chi connectivity index (χ2n) is 8.48. The smallest absolute Gasteiger partial charge is 0.334 e. The maximum atomic E-state index is 13.2. The Balaban J connectivity index is 1.66. The number of hydrogen-bond donors (Lipinski definition) is 0. The Morgan fingerprint density at radius 3 is 2.86 bits per heavy atom. The number of furan rings is 1. The van der Waals surface area contributed by atoms with Crippen LogP contribution in [0.25, 0.3) is 0 Å². The van der Waals surface area contributed by atoms with E-state index in [1.165, 1.54) is 6.92 Å². The van der Waals surface area contributed by atoms with E-state index in [4.69, 9.17) is 18.6 Å². The van der Waals surface area contributed by atoms with Crippen LogP contribution in [0, 0.1) is 22.7 Å². The minimum atomic E-state index is -0.916. The number of carbonyl (C=O) groups excluding carboxylic acids is 3. The predicted molar refractivity (Wildman–Crippen MR) is 98.0 cm³/mol. The Morgan fingerprint density at radius 2 is 2.14 bits per heavy atom. The summed E-state index contributed by atoms with van der Waals surface area (Å²) in [5.41, 5.74) is -0.208. The van der Waals surface area contributed by atoms with E-state index >= 15 is 0 Å². The van der Waals surface area contributed by atoms with E-state index in [1.54, 1.807) is 18.6 Å². The van der Waals surface area contributed by atoms with E-state index in [2.05, 4.69) is 0 Å². The molecule has 0 aromatic carbocycles. The van der Waals surface area contributed by atoms with Crippen LogP contribution in [0.2, 0.25) is 0 Å². The third-order valence-corrected chi connectivity index (χ3v) is 7.19. The summed E-state index contributed by atoms with van der Waals surface area (Å²) in [6.45, 7) is 3.35. The number of ketones is 1. The number of cyclic esters (lactones) is 1. The fourth-order valence-corrected chi connectivity index (χ4v) is 5.81. The van der Waals surface area contributed by atoms with E-state index < -0.39 is 29.0 Å². The molecule has 5 rings (SSSR count). The highest BCUT2D eigenvalue weighted by Crippen LogP contribution is 2.66. The van der Waals surface area contributed by atoms with E-state index in [-0.39, 0.29) is 36.8 Å². The zero-order valence-corrected chi connectivity index (χ0v) is 16.3. The van der Waals surface area contributed by atoms with E-state index in [0.717, 1.165) is 5.56 Å². The Morgan fingerprint density at radius 1 is 1.31 bits per heavy atom. The number of fused-ring (bicyclic) bond motifs is 1. The molecule has 7 heteroatoms. The second kappa shape index (κ2) is 6.16. The quantitative estimate of drug-likeness (QED) is 0.707. The van der Waals surface area contributed by atoms with Crippen LogP contribution in [0.5, 0.6) is 0 Å². The third kappa shape index (κ3) is 2.37. The lowest BCUT2D eigenvalue weighted by atomic mass is 9.47. The summed E-state index contributed by atoms with van der Waals surface area (Å²) in [5.74, 6) is -1.49. The molecular weight excluding hydrogens is 376 g/mol. The van der Waals surface area contributed by atoms with E-state index in [1.807, 2.05) is 25.1 Å². The summed E-state index contributed by atoms with van der Waals surface area (Å²) in [6.07, 6.45) is 8.16. The molecule has 0 bridgehead atoms. The molecular formula is C22H22O7. The molecule has 2 aliphatic heterocycles. The molecule has 0 unspecified atom stereocenters. The number of Topliss-reactive ketones (excluding diaryl/α,β-unsaturated/α-hetero) is 1. The van der Waals surface area contributed by atoms with Gasteiger partial charge in [-0.3, -0.25) is 9.59 Å². The lowest BCUT2D eigenvalue weighted by Gasteiger charge is -2.54. The Bertz CT molecular complexity index is 942. The fraction of sp³-hybridized carbons (Fsp3) is 0.500. The molecule has 3 heterocycles.